The number of imidazole rings is 1. The standard InChI is InChI=1S/C44H67N5O10/c1-12-35-44(13-2)34(49(42(54)59-44)20-15-14-19-48-25-46-36(30(48)7)31-17-16-18-45-24-31)22-33(50)26(3)23-43(8,55-11)39(28(5)37(51)29(6)40(53)57-35)58-41-38(52)32(47(9)10)21-27(4)56-41/h16-18,24-29,32,34-35,38-39,41,52H,12-15,19-23H2,1-11H3/t26-,27-,28+,29-,32+,34-,35-,38-,39-,41?,43-,44+/m1/s1. The lowest BCUT2D eigenvalue weighted by Gasteiger charge is -2.47. The Morgan fingerprint density at radius 3 is 2.41 bits per heavy atom. The summed E-state index contributed by atoms with van der Waals surface area (Å²) in [6.45, 7) is 15.4. The van der Waals surface area contributed by atoms with Gasteiger partial charge in [-0.1, -0.05) is 27.7 Å². The SMILES string of the molecule is CC[C@H]1OC(=O)[C@H](C)C(=O)[C@H](C)[C@@H](OC2O[C@H](C)C[C@H](N(C)C)[C@H]2O)[C@](C)(OC)C[C@@H](C)C(=O)C[C@H]2N(CCCCn3cnc(-c4cccnc4)c3C)C(=O)O[C@]12CC. The lowest BCUT2D eigenvalue weighted by molar-refractivity contribution is -0.295. The highest BCUT2D eigenvalue weighted by molar-refractivity contribution is 6.00. The number of carbonyl (C=O) groups excluding carboxylic acids is 4. The van der Waals surface area contributed by atoms with Crippen LogP contribution in [0.5, 0.6) is 0 Å². The summed E-state index contributed by atoms with van der Waals surface area (Å²) in [6, 6.07) is 2.83. The average Bonchev–Trinajstić information content (AvgIpc) is 3.72. The number of Topliss-reactive ketones (excluding diaryl/α,β-unsaturated/α-hetero) is 2. The summed E-state index contributed by atoms with van der Waals surface area (Å²) in [6.07, 6.45) is 2.91. The van der Waals surface area contributed by atoms with Crippen LogP contribution < -0.4 is 0 Å². The van der Waals surface area contributed by atoms with Crippen LogP contribution in [0.15, 0.2) is 30.9 Å². The molecule has 0 aromatic carbocycles. The third kappa shape index (κ3) is 9.59. The Bertz CT molecular complexity index is 1770. The van der Waals surface area contributed by atoms with Gasteiger partial charge in [0.2, 0.25) is 0 Å². The Kier molecular flexibility index (Phi) is 15.2. The molecule has 5 heterocycles. The fourth-order valence-corrected chi connectivity index (χ4v) is 9.50. The Morgan fingerprint density at radius 2 is 1.78 bits per heavy atom. The van der Waals surface area contributed by atoms with Crippen molar-refractivity contribution in [1.82, 2.24) is 24.3 Å². The fourth-order valence-electron chi connectivity index (χ4n) is 9.50. The van der Waals surface area contributed by atoms with E-state index < -0.39 is 77.4 Å². The van der Waals surface area contributed by atoms with Gasteiger partial charge in [0.25, 0.3) is 0 Å². The van der Waals surface area contributed by atoms with E-state index in [1.165, 1.54) is 14.0 Å². The average molecular weight is 826 g/mol. The number of rotatable bonds is 12. The molecular weight excluding hydrogens is 759 g/mol. The zero-order valence-electron chi connectivity index (χ0n) is 36.9. The van der Waals surface area contributed by atoms with Crippen LogP contribution in [-0.4, -0.2) is 135 Å². The molecule has 328 valence electrons. The molecule has 0 aliphatic carbocycles. The van der Waals surface area contributed by atoms with Gasteiger partial charge in [-0.05, 0) is 92.4 Å². The third-order valence-corrected chi connectivity index (χ3v) is 13.2. The van der Waals surface area contributed by atoms with Gasteiger partial charge in [-0.15, -0.1) is 0 Å². The van der Waals surface area contributed by atoms with Crippen LogP contribution >= 0.6 is 0 Å². The molecule has 59 heavy (non-hydrogen) atoms. The van der Waals surface area contributed by atoms with Crippen molar-refractivity contribution >= 4 is 23.6 Å². The number of fused-ring (bicyclic) bond motifs is 1. The predicted molar refractivity (Wildman–Crippen MR) is 219 cm³/mol. The first-order valence-electron chi connectivity index (χ1n) is 21.3. The predicted octanol–water partition coefficient (Wildman–Crippen LogP) is 5.38. The van der Waals surface area contributed by atoms with Crippen LogP contribution in [0, 0.1) is 24.7 Å². The van der Waals surface area contributed by atoms with Gasteiger partial charge in [-0.25, -0.2) is 9.78 Å². The molecule has 0 bridgehead atoms. The molecule has 5 rings (SSSR count). The number of unbranched alkanes of at least 4 members (excludes halogenated alkanes) is 1. The van der Waals surface area contributed by atoms with Gasteiger partial charge in [0, 0.05) is 68.1 Å². The maximum absolute atomic E-state index is 14.5. The van der Waals surface area contributed by atoms with Gasteiger partial charge in [0.15, 0.2) is 17.7 Å². The second-order valence-electron chi connectivity index (χ2n) is 17.4. The molecule has 3 aliphatic rings. The molecule has 1 unspecified atom stereocenters. The van der Waals surface area contributed by atoms with E-state index in [0.717, 1.165) is 17.0 Å². The molecule has 1 N–H and O–H groups in total. The van der Waals surface area contributed by atoms with E-state index in [9.17, 15) is 24.3 Å². The summed E-state index contributed by atoms with van der Waals surface area (Å²) in [4.78, 5) is 69.2. The number of likely N-dealkylation sites (N-methyl/N-ethyl adjacent to an activating group) is 1. The van der Waals surface area contributed by atoms with Crippen LogP contribution in [0.1, 0.15) is 99.1 Å². The molecular formula is C44H67N5O10. The minimum Gasteiger partial charge on any atom is -0.457 e. The smallest absolute Gasteiger partial charge is 0.410 e. The summed E-state index contributed by atoms with van der Waals surface area (Å²) < 4.78 is 33.4. The van der Waals surface area contributed by atoms with Crippen molar-refractivity contribution < 1.29 is 48.0 Å². The maximum atomic E-state index is 14.5. The van der Waals surface area contributed by atoms with Gasteiger partial charge >= 0.3 is 12.1 Å². The van der Waals surface area contributed by atoms with Gasteiger partial charge in [0.05, 0.1) is 35.9 Å². The van der Waals surface area contributed by atoms with Crippen LogP contribution in [0.25, 0.3) is 11.3 Å². The first-order valence-corrected chi connectivity index (χ1v) is 21.3. The molecule has 15 heteroatoms. The third-order valence-electron chi connectivity index (χ3n) is 13.2. The van der Waals surface area contributed by atoms with Crippen molar-refractivity contribution in [2.45, 2.75) is 161 Å². The number of aromatic nitrogens is 3. The van der Waals surface area contributed by atoms with E-state index >= 15 is 0 Å². The highest BCUT2D eigenvalue weighted by Gasteiger charge is 2.59. The molecule has 3 fully saturated rings. The number of ether oxygens (including phenoxy) is 5. The lowest BCUT2D eigenvalue weighted by Crippen LogP contribution is -2.59. The van der Waals surface area contributed by atoms with Crippen molar-refractivity contribution in [3.63, 3.8) is 0 Å². The van der Waals surface area contributed by atoms with Gasteiger partial charge in [-0.2, -0.15) is 0 Å². The van der Waals surface area contributed by atoms with Crippen molar-refractivity contribution in [3.8, 4) is 11.3 Å². The summed E-state index contributed by atoms with van der Waals surface area (Å²) in [7, 11) is 5.25. The van der Waals surface area contributed by atoms with Crippen LogP contribution in [0.3, 0.4) is 0 Å². The number of hydrogen-bond acceptors (Lipinski definition) is 13. The number of hydrogen-bond donors (Lipinski definition) is 1. The number of carbonyl (C=O) groups is 4. The summed E-state index contributed by atoms with van der Waals surface area (Å²) in [5.74, 6) is -4.14. The van der Waals surface area contributed by atoms with Crippen molar-refractivity contribution in [3.05, 3.63) is 36.5 Å². The number of cyclic esters (lactones) is 1. The number of aliphatic hydroxyl groups excluding tert-OH is 1. The fraction of sp³-hybridized carbons (Fsp3) is 0.727. The molecule has 15 nitrogen and oxygen atoms in total. The lowest BCUT2D eigenvalue weighted by atomic mass is 9.75. The van der Waals surface area contributed by atoms with Gasteiger partial charge < -0.3 is 43.2 Å². The molecule has 0 saturated carbocycles. The van der Waals surface area contributed by atoms with Crippen molar-refractivity contribution in [2.24, 2.45) is 17.8 Å². The number of nitrogens with zero attached hydrogens (tertiary/aromatic N) is 5. The zero-order valence-corrected chi connectivity index (χ0v) is 36.9. The van der Waals surface area contributed by atoms with Gasteiger partial charge in [-0.3, -0.25) is 19.4 Å². The number of methoxy groups -OCH3 is 1. The Hall–Kier alpha value is -3.76. The monoisotopic (exact) mass is 825 g/mol. The molecule has 0 radical (unpaired) electrons. The van der Waals surface area contributed by atoms with Crippen molar-refractivity contribution in [1.29, 1.82) is 0 Å². The second kappa shape index (κ2) is 19.3. The molecule has 3 saturated heterocycles. The molecule has 0 spiro atoms. The number of ketones is 2. The number of aryl methyl sites for hydroxylation is 1. The van der Waals surface area contributed by atoms with E-state index in [1.807, 2.05) is 72.1 Å². The molecule has 2 aromatic rings. The van der Waals surface area contributed by atoms with Crippen LogP contribution in [0.4, 0.5) is 4.79 Å². The van der Waals surface area contributed by atoms with E-state index in [0.29, 0.717) is 32.4 Å². The van der Waals surface area contributed by atoms with E-state index in [2.05, 4.69) is 14.5 Å². The largest absolute Gasteiger partial charge is 0.457 e. The number of amides is 1. The topological polar surface area (TPSA) is 172 Å². The first kappa shape index (κ1) is 46.3. The van der Waals surface area contributed by atoms with Crippen molar-refractivity contribution in [2.75, 3.05) is 27.7 Å². The van der Waals surface area contributed by atoms with E-state index in [4.69, 9.17) is 23.7 Å². The quantitative estimate of drug-likeness (QED) is 0.165. The molecule has 1 amide bonds. The van der Waals surface area contributed by atoms with Crippen LogP contribution in [0.2, 0.25) is 0 Å². The molecule has 3 aliphatic heterocycles. The molecule has 12 atom stereocenters. The highest BCUT2D eigenvalue weighted by atomic mass is 16.7. The van der Waals surface area contributed by atoms with Gasteiger partial charge in [0.1, 0.15) is 23.9 Å². The normalized spacial score (nSPS) is 35.0. The van der Waals surface area contributed by atoms with Crippen LogP contribution in [-0.2, 0) is 44.6 Å². The minimum absolute atomic E-state index is 0.0499. The first-order chi connectivity index (χ1) is 27.9. The second-order valence-corrected chi connectivity index (χ2v) is 17.4. The number of esters is 1. The van der Waals surface area contributed by atoms with E-state index in [1.54, 1.807) is 31.1 Å². The van der Waals surface area contributed by atoms with E-state index in [-0.39, 0.29) is 43.6 Å². The number of aliphatic hydroxyl groups is 1. The molecule has 2 aromatic heterocycles. The highest BCUT2D eigenvalue weighted by Crippen LogP contribution is 2.43. The number of pyridine rings is 1. The summed E-state index contributed by atoms with van der Waals surface area (Å²) in [5.41, 5.74) is 0.216. The maximum Gasteiger partial charge on any atom is 0.410 e. The summed E-state index contributed by atoms with van der Waals surface area (Å²) >= 11 is 0. The zero-order chi connectivity index (χ0) is 43.4. The summed E-state index contributed by atoms with van der Waals surface area (Å²) in [5, 5.41) is 11.4. The Morgan fingerprint density at radius 1 is 1.07 bits per heavy atom. The minimum atomic E-state index is -1.33. The Balaban J connectivity index is 1.43. The Labute approximate surface area is 349 Å².